The molecule has 1 saturated heterocycles. The van der Waals surface area contributed by atoms with Gasteiger partial charge in [0.2, 0.25) is 10.0 Å². The van der Waals surface area contributed by atoms with Crippen LogP contribution in [-0.2, 0) is 14.8 Å². The second kappa shape index (κ2) is 3.14. The Morgan fingerprint density at radius 2 is 2.08 bits per heavy atom. The summed E-state index contributed by atoms with van der Waals surface area (Å²) in [6, 6.07) is -0.403. The van der Waals surface area contributed by atoms with Crippen molar-refractivity contribution in [3.05, 3.63) is 0 Å². The van der Waals surface area contributed by atoms with E-state index in [2.05, 4.69) is 0 Å². The molecule has 0 spiro atoms. The van der Waals surface area contributed by atoms with Crippen LogP contribution in [0.5, 0.6) is 0 Å². The molecular weight excluding hydrogens is 178 g/mol. The lowest BCUT2D eigenvalue weighted by Crippen LogP contribution is -2.38. The lowest BCUT2D eigenvalue weighted by Gasteiger charge is -2.18. The third-order valence-electron chi connectivity index (χ3n) is 2.10. The van der Waals surface area contributed by atoms with Gasteiger partial charge in [-0.15, -0.1) is 0 Å². The molecule has 70 valence electrons. The maximum atomic E-state index is 11.1. The summed E-state index contributed by atoms with van der Waals surface area (Å²) in [5, 5.41) is 0. The molecule has 4 nitrogen and oxygen atoms in total. The molecule has 5 heteroatoms. The van der Waals surface area contributed by atoms with E-state index in [1.54, 1.807) is 0 Å². The molecule has 1 aliphatic rings. The topological polar surface area (TPSA) is 54.5 Å². The molecule has 0 saturated carbocycles. The number of carbonyl (C=O) groups is 1. The van der Waals surface area contributed by atoms with E-state index in [9.17, 15) is 13.2 Å². The summed E-state index contributed by atoms with van der Waals surface area (Å²) in [7, 11) is -3.18. The Labute approximate surface area is 72.6 Å². The molecule has 1 fully saturated rings. The van der Waals surface area contributed by atoms with Gasteiger partial charge in [0, 0.05) is 6.54 Å². The Hall–Kier alpha value is -0.420. The summed E-state index contributed by atoms with van der Waals surface area (Å²) in [5.74, 6) is -0.0575. The fourth-order valence-electron chi connectivity index (χ4n) is 1.54. The van der Waals surface area contributed by atoms with Crippen molar-refractivity contribution in [1.82, 2.24) is 4.31 Å². The van der Waals surface area contributed by atoms with Crippen LogP contribution >= 0.6 is 0 Å². The van der Waals surface area contributed by atoms with Gasteiger partial charge in [-0.05, 0) is 19.8 Å². The number of hydrogen-bond acceptors (Lipinski definition) is 3. The van der Waals surface area contributed by atoms with E-state index in [0.717, 1.165) is 12.7 Å². The van der Waals surface area contributed by atoms with Crippen molar-refractivity contribution in [2.24, 2.45) is 0 Å². The van der Waals surface area contributed by atoms with Crippen LogP contribution in [0, 0.1) is 0 Å². The second-order valence-corrected chi connectivity index (χ2v) is 5.08. The van der Waals surface area contributed by atoms with Gasteiger partial charge < -0.3 is 0 Å². The largest absolute Gasteiger partial charge is 0.298 e. The number of sulfonamides is 1. The highest BCUT2D eigenvalue weighted by Gasteiger charge is 2.33. The van der Waals surface area contributed by atoms with Gasteiger partial charge in [0.25, 0.3) is 0 Å². The van der Waals surface area contributed by atoms with Crippen LogP contribution < -0.4 is 0 Å². The number of Topliss-reactive ketones (excluding diaryl/α,β-unsaturated/α-hetero) is 1. The van der Waals surface area contributed by atoms with Gasteiger partial charge in [-0.2, -0.15) is 4.31 Å². The lowest BCUT2D eigenvalue weighted by molar-refractivity contribution is -0.119. The van der Waals surface area contributed by atoms with Crippen LogP contribution in [0.25, 0.3) is 0 Å². The van der Waals surface area contributed by atoms with Gasteiger partial charge in [0.1, 0.15) is 5.78 Å². The van der Waals surface area contributed by atoms with Crippen LogP contribution in [0.1, 0.15) is 19.8 Å². The van der Waals surface area contributed by atoms with Crippen LogP contribution in [0.4, 0.5) is 0 Å². The average Bonchev–Trinajstić information content (AvgIpc) is 2.30. The minimum absolute atomic E-state index is 0.0575. The Morgan fingerprint density at radius 3 is 2.42 bits per heavy atom. The Kier molecular flexibility index (Phi) is 2.53. The highest BCUT2D eigenvalue weighted by atomic mass is 32.2. The van der Waals surface area contributed by atoms with Gasteiger partial charge in [-0.25, -0.2) is 8.42 Å². The minimum Gasteiger partial charge on any atom is -0.298 e. The van der Waals surface area contributed by atoms with Crippen LogP contribution in [0.15, 0.2) is 0 Å². The lowest BCUT2D eigenvalue weighted by atomic mass is 10.2. The van der Waals surface area contributed by atoms with Crippen molar-refractivity contribution in [3.8, 4) is 0 Å². The molecule has 0 amide bonds. The maximum Gasteiger partial charge on any atom is 0.211 e. The van der Waals surface area contributed by atoms with Crippen LogP contribution in [0.3, 0.4) is 0 Å². The first kappa shape index (κ1) is 9.67. The molecule has 0 aromatic heterocycles. The standard InChI is InChI=1S/C7H13NO3S/c1-6(9)7-4-3-5-8(7)12(2,10)11/h7H,3-5H2,1-2H3/t7-/m0/s1. The number of hydrogen-bond donors (Lipinski definition) is 0. The third-order valence-corrected chi connectivity index (χ3v) is 3.39. The van der Waals surface area contributed by atoms with E-state index < -0.39 is 16.1 Å². The van der Waals surface area contributed by atoms with Gasteiger partial charge >= 0.3 is 0 Å². The zero-order valence-corrected chi connectivity index (χ0v) is 8.10. The van der Waals surface area contributed by atoms with Gasteiger partial charge in [-0.3, -0.25) is 4.79 Å². The van der Waals surface area contributed by atoms with Crippen molar-refractivity contribution in [1.29, 1.82) is 0 Å². The highest BCUT2D eigenvalue weighted by Crippen LogP contribution is 2.20. The normalized spacial score (nSPS) is 26.0. The SMILES string of the molecule is CC(=O)[C@@H]1CCCN1S(C)(=O)=O. The zero-order valence-electron chi connectivity index (χ0n) is 7.28. The maximum absolute atomic E-state index is 11.1. The Morgan fingerprint density at radius 1 is 1.50 bits per heavy atom. The predicted octanol–water partition coefficient (Wildman–Crippen LogP) is -0.000600. The molecule has 1 atom stereocenters. The Bertz CT molecular complexity index is 283. The summed E-state index contributed by atoms with van der Waals surface area (Å²) in [6.45, 7) is 1.93. The number of nitrogens with zero attached hydrogens (tertiary/aromatic N) is 1. The molecule has 0 unspecified atom stereocenters. The summed E-state index contributed by atoms with van der Waals surface area (Å²) in [5.41, 5.74) is 0. The second-order valence-electron chi connectivity index (χ2n) is 3.14. The zero-order chi connectivity index (χ0) is 9.35. The highest BCUT2D eigenvalue weighted by molar-refractivity contribution is 7.88. The van der Waals surface area contributed by atoms with Gasteiger partial charge in [0.15, 0.2) is 0 Å². The fourth-order valence-corrected chi connectivity index (χ4v) is 2.72. The molecule has 0 aromatic rings. The molecule has 0 aromatic carbocycles. The molecule has 1 aliphatic heterocycles. The van der Waals surface area contributed by atoms with E-state index in [0.29, 0.717) is 13.0 Å². The number of carbonyl (C=O) groups excluding carboxylic acids is 1. The van der Waals surface area contributed by atoms with Crippen molar-refractivity contribution >= 4 is 15.8 Å². The van der Waals surface area contributed by atoms with E-state index in [-0.39, 0.29) is 5.78 Å². The summed E-state index contributed by atoms with van der Waals surface area (Å²) in [4.78, 5) is 11.0. The molecule has 0 bridgehead atoms. The summed E-state index contributed by atoms with van der Waals surface area (Å²) >= 11 is 0. The van der Waals surface area contributed by atoms with E-state index in [4.69, 9.17) is 0 Å². The number of rotatable bonds is 2. The average molecular weight is 191 g/mol. The summed E-state index contributed by atoms with van der Waals surface area (Å²) in [6.07, 6.45) is 2.61. The van der Waals surface area contributed by atoms with Crippen LogP contribution in [-0.4, -0.2) is 37.3 Å². The molecular formula is C7H13NO3S. The van der Waals surface area contributed by atoms with E-state index in [1.807, 2.05) is 0 Å². The van der Waals surface area contributed by atoms with E-state index in [1.165, 1.54) is 11.2 Å². The van der Waals surface area contributed by atoms with Crippen molar-refractivity contribution < 1.29 is 13.2 Å². The monoisotopic (exact) mass is 191 g/mol. The van der Waals surface area contributed by atoms with Gasteiger partial charge in [0.05, 0.1) is 12.3 Å². The third kappa shape index (κ3) is 1.84. The first-order chi connectivity index (χ1) is 5.43. The summed E-state index contributed by atoms with van der Waals surface area (Å²) < 4.78 is 23.5. The molecule has 0 N–H and O–H groups in total. The quantitative estimate of drug-likeness (QED) is 0.617. The molecule has 1 rings (SSSR count). The minimum atomic E-state index is -3.18. The van der Waals surface area contributed by atoms with Crippen molar-refractivity contribution in [3.63, 3.8) is 0 Å². The first-order valence-corrected chi connectivity index (χ1v) is 5.75. The first-order valence-electron chi connectivity index (χ1n) is 3.90. The molecule has 0 aliphatic carbocycles. The molecule has 1 heterocycles. The van der Waals surface area contributed by atoms with Crippen molar-refractivity contribution in [2.75, 3.05) is 12.8 Å². The fraction of sp³-hybridized carbons (Fsp3) is 0.857. The Balaban J connectivity index is 2.85. The predicted molar refractivity (Wildman–Crippen MR) is 45.3 cm³/mol. The molecule has 12 heavy (non-hydrogen) atoms. The smallest absolute Gasteiger partial charge is 0.211 e. The van der Waals surface area contributed by atoms with Crippen LogP contribution in [0.2, 0.25) is 0 Å². The number of ketones is 1. The molecule has 0 radical (unpaired) electrons. The van der Waals surface area contributed by atoms with E-state index >= 15 is 0 Å². The van der Waals surface area contributed by atoms with Crippen molar-refractivity contribution in [2.45, 2.75) is 25.8 Å². The van der Waals surface area contributed by atoms with Gasteiger partial charge in [-0.1, -0.05) is 0 Å².